The number of ether oxygens (including phenoxy) is 1. The predicted octanol–water partition coefficient (Wildman–Crippen LogP) is 0.640. The highest BCUT2D eigenvalue weighted by Gasteiger charge is 2.24. The Morgan fingerprint density at radius 3 is 2.56 bits per heavy atom. The van der Waals surface area contributed by atoms with Gasteiger partial charge in [-0.25, -0.2) is 0 Å². The standard InChI is InChI=1S/C11H19NO4/c1-2-9(11(14)15)10(13)12-7-8-3-5-16-6-4-8/h8-9H,2-7H2,1H3,(H,12,13)(H,14,15). The number of nitrogens with one attached hydrogen (secondary N) is 1. The van der Waals surface area contributed by atoms with Gasteiger partial charge in [0.15, 0.2) is 0 Å². The number of rotatable bonds is 5. The van der Waals surface area contributed by atoms with Crippen LogP contribution < -0.4 is 5.32 Å². The van der Waals surface area contributed by atoms with Crippen molar-refractivity contribution in [1.29, 1.82) is 0 Å². The Labute approximate surface area is 95.2 Å². The van der Waals surface area contributed by atoms with Crippen molar-refractivity contribution >= 4 is 11.9 Å². The number of hydrogen-bond acceptors (Lipinski definition) is 3. The summed E-state index contributed by atoms with van der Waals surface area (Å²) in [6.45, 7) is 3.73. The van der Waals surface area contributed by atoms with E-state index < -0.39 is 11.9 Å². The van der Waals surface area contributed by atoms with E-state index in [-0.39, 0.29) is 5.91 Å². The number of hydrogen-bond donors (Lipinski definition) is 2. The molecule has 1 rings (SSSR count). The van der Waals surface area contributed by atoms with Gasteiger partial charge in [0.05, 0.1) is 0 Å². The molecule has 2 N–H and O–H groups in total. The normalized spacial score (nSPS) is 19.1. The van der Waals surface area contributed by atoms with E-state index in [0.29, 0.717) is 18.9 Å². The first-order valence-corrected chi connectivity index (χ1v) is 5.73. The Hall–Kier alpha value is -1.10. The van der Waals surface area contributed by atoms with Gasteiger partial charge < -0.3 is 15.2 Å². The molecule has 0 spiro atoms. The van der Waals surface area contributed by atoms with Gasteiger partial charge in [0.2, 0.25) is 5.91 Å². The molecule has 16 heavy (non-hydrogen) atoms. The lowest BCUT2D eigenvalue weighted by Gasteiger charge is -2.22. The summed E-state index contributed by atoms with van der Waals surface area (Å²) in [4.78, 5) is 22.3. The van der Waals surface area contributed by atoms with E-state index in [1.165, 1.54) is 0 Å². The topological polar surface area (TPSA) is 75.6 Å². The summed E-state index contributed by atoms with van der Waals surface area (Å²) in [7, 11) is 0. The zero-order valence-corrected chi connectivity index (χ0v) is 9.57. The molecular weight excluding hydrogens is 210 g/mol. The Bertz CT molecular complexity index is 248. The number of amides is 1. The third-order valence-electron chi connectivity index (χ3n) is 2.93. The monoisotopic (exact) mass is 229 g/mol. The summed E-state index contributed by atoms with van der Waals surface area (Å²) < 4.78 is 5.21. The molecule has 0 saturated carbocycles. The van der Waals surface area contributed by atoms with Crippen LogP contribution >= 0.6 is 0 Å². The van der Waals surface area contributed by atoms with Crippen LogP contribution in [0.5, 0.6) is 0 Å². The Morgan fingerprint density at radius 2 is 2.06 bits per heavy atom. The lowest BCUT2D eigenvalue weighted by atomic mass is 9.99. The van der Waals surface area contributed by atoms with Gasteiger partial charge in [0.25, 0.3) is 0 Å². The highest BCUT2D eigenvalue weighted by Crippen LogP contribution is 2.13. The van der Waals surface area contributed by atoms with Crippen LogP contribution in [0.3, 0.4) is 0 Å². The fourth-order valence-corrected chi connectivity index (χ4v) is 1.79. The third-order valence-corrected chi connectivity index (χ3v) is 2.93. The quantitative estimate of drug-likeness (QED) is 0.678. The second kappa shape index (κ2) is 6.48. The molecule has 5 nitrogen and oxygen atoms in total. The first-order chi connectivity index (χ1) is 7.65. The molecule has 0 aliphatic carbocycles. The summed E-state index contributed by atoms with van der Waals surface area (Å²) in [6.07, 6.45) is 2.20. The molecule has 0 aromatic carbocycles. The van der Waals surface area contributed by atoms with Crippen molar-refractivity contribution in [3.63, 3.8) is 0 Å². The molecule has 1 atom stereocenters. The first kappa shape index (κ1) is 13.0. The van der Waals surface area contributed by atoms with Crippen LogP contribution in [0.2, 0.25) is 0 Å². The Balaban J connectivity index is 2.30. The summed E-state index contributed by atoms with van der Waals surface area (Å²) >= 11 is 0. The number of carbonyl (C=O) groups excluding carboxylic acids is 1. The molecule has 1 amide bonds. The van der Waals surface area contributed by atoms with Crippen molar-refractivity contribution in [2.75, 3.05) is 19.8 Å². The van der Waals surface area contributed by atoms with Gasteiger partial charge in [-0.3, -0.25) is 9.59 Å². The van der Waals surface area contributed by atoms with Crippen LogP contribution in [0.4, 0.5) is 0 Å². The van der Waals surface area contributed by atoms with E-state index in [9.17, 15) is 9.59 Å². The zero-order chi connectivity index (χ0) is 12.0. The molecule has 1 heterocycles. The lowest BCUT2D eigenvalue weighted by Crippen LogP contribution is -2.38. The number of aliphatic carboxylic acids is 1. The van der Waals surface area contributed by atoms with Crippen molar-refractivity contribution < 1.29 is 19.4 Å². The molecule has 1 aliphatic heterocycles. The van der Waals surface area contributed by atoms with Gasteiger partial charge in [-0.05, 0) is 25.2 Å². The fourth-order valence-electron chi connectivity index (χ4n) is 1.79. The Kier molecular flexibility index (Phi) is 5.25. The summed E-state index contributed by atoms with van der Waals surface area (Å²) in [5.41, 5.74) is 0. The van der Waals surface area contributed by atoms with Crippen LogP contribution in [0.25, 0.3) is 0 Å². The van der Waals surface area contributed by atoms with E-state index in [0.717, 1.165) is 26.1 Å². The van der Waals surface area contributed by atoms with E-state index in [2.05, 4.69) is 5.32 Å². The lowest BCUT2D eigenvalue weighted by molar-refractivity contribution is -0.147. The van der Waals surface area contributed by atoms with Crippen LogP contribution in [0.1, 0.15) is 26.2 Å². The molecule has 0 bridgehead atoms. The largest absolute Gasteiger partial charge is 0.481 e. The molecule has 0 aromatic rings. The number of carboxylic acids is 1. The minimum absolute atomic E-state index is 0.328. The van der Waals surface area contributed by atoms with E-state index >= 15 is 0 Å². The minimum Gasteiger partial charge on any atom is -0.481 e. The van der Waals surface area contributed by atoms with Crippen molar-refractivity contribution in [3.8, 4) is 0 Å². The zero-order valence-electron chi connectivity index (χ0n) is 9.57. The minimum atomic E-state index is -1.05. The average Bonchev–Trinajstić information content (AvgIpc) is 2.28. The van der Waals surface area contributed by atoms with Crippen molar-refractivity contribution in [3.05, 3.63) is 0 Å². The van der Waals surface area contributed by atoms with E-state index in [1.807, 2.05) is 0 Å². The van der Waals surface area contributed by atoms with Gasteiger partial charge in [-0.1, -0.05) is 6.92 Å². The molecule has 1 fully saturated rings. The molecule has 1 aliphatic rings. The maximum absolute atomic E-state index is 11.5. The molecule has 92 valence electrons. The summed E-state index contributed by atoms with van der Waals surface area (Å²) in [5.74, 6) is -1.92. The fraction of sp³-hybridized carbons (Fsp3) is 0.818. The second-order valence-corrected chi connectivity index (χ2v) is 4.10. The molecule has 1 saturated heterocycles. The second-order valence-electron chi connectivity index (χ2n) is 4.10. The van der Waals surface area contributed by atoms with Gasteiger partial charge in [0, 0.05) is 19.8 Å². The molecule has 0 aromatic heterocycles. The van der Waals surface area contributed by atoms with Gasteiger partial charge >= 0.3 is 5.97 Å². The maximum Gasteiger partial charge on any atom is 0.316 e. The van der Waals surface area contributed by atoms with Crippen LogP contribution in [0, 0.1) is 11.8 Å². The van der Waals surface area contributed by atoms with Crippen molar-refractivity contribution in [2.45, 2.75) is 26.2 Å². The molecule has 0 radical (unpaired) electrons. The molecule has 1 unspecified atom stereocenters. The van der Waals surface area contributed by atoms with Gasteiger partial charge in [-0.15, -0.1) is 0 Å². The molecule has 5 heteroatoms. The highest BCUT2D eigenvalue weighted by molar-refractivity contribution is 5.96. The van der Waals surface area contributed by atoms with Crippen LogP contribution in [-0.4, -0.2) is 36.7 Å². The first-order valence-electron chi connectivity index (χ1n) is 5.73. The third kappa shape index (κ3) is 3.81. The number of carbonyl (C=O) groups is 2. The SMILES string of the molecule is CCC(C(=O)O)C(=O)NCC1CCOCC1. The Morgan fingerprint density at radius 1 is 1.44 bits per heavy atom. The summed E-state index contributed by atoms with van der Waals surface area (Å²) in [5, 5.41) is 11.5. The van der Waals surface area contributed by atoms with Crippen molar-refractivity contribution in [1.82, 2.24) is 5.32 Å². The number of carboxylic acid groups (broad SMARTS) is 1. The van der Waals surface area contributed by atoms with E-state index in [4.69, 9.17) is 9.84 Å². The average molecular weight is 229 g/mol. The highest BCUT2D eigenvalue weighted by atomic mass is 16.5. The summed E-state index contributed by atoms with van der Waals surface area (Å²) in [6, 6.07) is 0. The predicted molar refractivity (Wildman–Crippen MR) is 58.0 cm³/mol. The smallest absolute Gasteiger partial charge is 0.316 e. The van der Waals surface area contributed by atoms with Gasteiger partial charge in [0.1, 0.15) is 5.92 Å². The van der Waals surface area contributed by atoms with Gasteiger partial charge in [-0.2, -0.15) is 0 Å². The molecular formula is C11H19NO4. The van der Waals surface area contributed by atoms with Crippen molar-refractivity contribution in [2.24, 2.45) is 11.8 Å². The van der Waals surface area contributed by atoms with Crippen LogP contribution in [-0.2, 0) is 14.3 Å². The van der Waals surface area contributed by atoms with E-state index in [1.54, 1.807) is 6.92 Å². The maximum atomic E-state index is 11.5. The van der Waals surface area contributed by atoms with Crippen LogP contribution in [0.15, 0.2) is 0 Å².